The Hall–Kier alpha value is -4.54. The molecule has 5 aromatic rings. The molecule has 5 rings (SSSR count). The van der Waals surface area contributed by atoms with Crippen molar-refractivity contribution in [2.24, 2.45) is 0 Å². The fourth-order valence-electron chi connectivity index (χ4n) is 4.02. The first-order valence-electron chi connectivity index (χ1n) is 11.0. The number of Topliss-reactive ketones (excluding diaryl/α,β-unsaturated/α-hetero) is 1. The van der Waals surface area contributed by atoms with E-state index in [2.05, 4.69) is 26.7 Å². The number of H-pyrrole nitrogens is 1. The molecule has 0 amide bonds. The molecule has 0 fully saturated rings. The Morgan fingerprint density at radius 1 is 1.03 bits per heavy atom. The van der Waals surface area contributed by atoms with Crippen molar-refractivity contribution in [3.05, 3.63) is 114 Å². The maximum atomic E-state index is 13.7. The number of carbonyl (C=O) groups is 1. The van der Waals surface area contributed by atoms with Crippen LogP contribution < -0.4 is 5.32 Å². The average Bonchev–Trinajstić information content (AvgIpc) is 3.57. The van der Waals surface area contributed by atoms with Crippen molar-refractivity contribution < 1.29 is 4.79 Å². The second-order valence-corrected chi connectivity index (χ2v) is 8.01. The topological polar surface area (TPSA) is 98.9 Å². The molecule has 0 unspecified atom stereocenters. The minimum atomic E-state index is -0.499. The summed E-state index contributed by atoms with van der Waals surface area (Å²) in [6.45, 7) is 0.612. The van der Waals surface area contributed by atoms with E-state index in [1.165, 1.54) is 0 Å². The number of aromatic amines is 1. The van der Waals surface area contributed by atoms with Gasteiger partial charge < -0.3 is 5.32 Å². The molecule has 7 heteroatoms. The van der Waals surface area contributed by atoms with Gasteiger partial charge in [0.05, 0.1) is 41.1 Å². The average molecular weight is 447 g/mol. The number of aromatic nitrogens is 4. The second kappa shape index (κ2) is 9.53. The molecular weight excluding hydrogens is 424 g/mol. The molecule has 2 N–H and O–H groups in total. The normalized spacial score (nSPS) is 11.9. The first-order chi connectivity index (χ1) is 16.7. The predicted octanol–water partition coefficient (Wildman–Crippen LogP) is 4.35. The zero-order valence-corrected chi connectivity index (χ0v) is 18.3. The number of nitriles is 1. The van der Waals surface area contributed by atoms with Gasteiger partial charge in [-0.1, -0.05) is 48.5 Å². The molecule has 0 aliphatic rings. The molecule has 0 radical (unpaired) electrons. The molecule has 0 saturated carbocycles. The molecule has 3 aromatic heterocycles. The lowest BCUT2D eigenvalue weighted by molar-refractivity contribution is 0.0945. The Balaban J connectivity index is 1.39. The molecule has 0 aliphatic carbocycles. The van der Waals surface area contributed by atoms with Crippen LogP contribution in [0.5, 0.6) is 0 Å². The monoisotopic (exact) mass is 446 g/mol. The van der Waals surface area contributed by atoms with E-state index in [1.807, 2.05) is 79.1 Å². The van der Waals surface area contributed by atoms with Crippen molar-refractivity contribution in [1.82, 2.24) is 25.1 Å². The van der Waals surface area contributed by atoms with E-state index in [4.69, 9.17) is 5.26 Å². The first kappa shape index (κ1) is 21.3. The highest BCUT2D eigenvalue weighted by Gasteiger charge is 2.24. The Kier molecular flexibility index (Phi) is 5.97. The lowest BCUT2D eigenvalue weighted by Gasteiger charge is -2.18. The zero-order chi connectivity index (χ0) is 23.3. The van der Waals surface area contributed by atoms with E-state index in [-0.39, 0.29) is 5.78 Å². The third-order valence-corrected chi connectivity index (χ3v) is 5.85. The fourth-order valence-corrected chi connectivity index (χ4v) is 4.02. The lowest BCUT2D eigenvalue weighted by Crippen LogP contribution is -2.30. The molecule has 166 valence electrons. The summed E-state index contributed by atoms with van der Waals surface area (Å²) in [5.74, 6) is -0.0305. The maximum absolute atomic E-state index is 13.7. The summed E-state index contributed by atoms with van der Waals surface area (Å²) in [6.07, 6.45) is 7.84. The summed E-state index contributed by atoms with van der Waals surface area (Å²) in [5.41, 5.74) is 5.89. The Morgan fingerprint density at radius 3 is 2.59 bits per heavy atom. The van der Waals surface area contributed by atoms with Crippen LogP contribution in [0, 0.1) is 11.3 Å². The number of hydrogen-bond acceptors (Lipinski definition) is 5. The summed E-state index contributed by atoms with van der Waals surface area (Å²) in [7, 11) is 0. The number of nitrogens with zero attached hydrogens (tertiary/aromatic N) is 4. The van der Waals surface area contributed by atoms with E-state index in [0.29, 0.717) is 17.7 Å². The molecule has 0 saturated heterocycles. The summed E-state index contributed by atoms with van der Waals surface area (Å²) >= 11 is 0. The standard InChI is InChI=1S/C27H22N6O/c28-14-20-8-6-19(7-9-20)12-13-29-26(21-4-2-1-3-5-21)27(34)24-17-32-33-18-22(10-11-25(24)33)23-15-30-31-16-23/h1-11,15-18,26,29H,12-13H2,(H,30,31)/t26-/m0/s1. The van der Waals surface area contributed by atoms with Gasteiger partial charge in [-0.3, -0.25) is 9.89 Å². The number of benzene rings is 2. The van der Waals surface area contributed by atoms with Gasteiger partial charge in [-0.05, 0) is 35.7 Å². The largest absolute Gasteiger partial charge is 0.303 e. The Morgan fingerprint density at radius 2 is 1.85 bits per heavy atom. The SMILES string of the molecule is N#Cc1ccc(CCN[C@H](C(=O)c2cnn3cc(-c4cn[nH]c4)ccc23)c2ccccc2)cc1. The van der Waals surface area contributed by atoms with Crippen LogP contribution in [0.15, 0.2) is 91.5 Å². The lowest BCUT2D eigenvalue weighted by atomic mass is 9.97. The number of fused-ring (bicyclic) bond motifs is 1. The molecule has 0 aliphatic heterocycles. The minimum absolute atomic E-state index is 0.0305. The van der Waals surface area contributed by atoms with Crippen LogP contribution in [0.25, 0.3) is 16.6 Å². The van der Waals surface area contributed by atoms with Crippen LogP contribution >= 0.6 is 0 Å². The quantitative estimate of drug-likeness (QED) is 0.345. The highest BCUT2D eigenvalue weighted by molar-refractivity contribution is 6.06. The molecule has 7 nitrogen and oxygen atoms in total. The van der Waals surface area contributed by atoms with Crippen LogP contribution in [0.2, 0.25) is 0 Å². The van der Waals surface area contributed by atoms with Gasteiger partial charge in [0.2, 0.25) is 0 Å². The van der Waals surface area contributed by atoms with Crippen molar-refractivity contribution in [3.8, 4) is 17.2 Å². The van der Waals surface area contributed by atoms with E-state index < -0.39 is 6.04 Å². The van der Waals surface area contributed by atoms with Gasteiger partial charge in [0, 0.05) is 30.1 Å². The molecule has 1 atom stereocenters. The van der Waals surface area contributed by atoms with Crippen molar-refractivity contribution in [1.29, 1.82) is 5.26 Å². The predicted molar refractivity (Wildman–Crippen MR) is 129 cm³/mol. The number of pyridine rings is 1. The van der Waals surface area contributed by atoms with Gasteiger partial charge in [-0.15, -0.1) is 0 Å². The third kappa shape index (κ3) is 4.35. The highest BCUT2D eigenvalue weighted by atomic mass is 16.1. The summed E-state index contributed by atoms with van der Waals surface area (Å²) in [5, 5.41) is 23.7. The number of carbonyl (C=O) groups excluding carboxylic acids is 1. The van der Waals surface area contributed by atoms with Gasteiger partial charge in [-0.25, -0.2) is 4.52 Å². The van der Waals surface area contributed by atoms with Crippen LogP contribution in [0.4, 0.5) is 0 Å². The summed E-state index contributed by atoms with van der Waals surface area (Å²) in [4.78, 5) is 13.7. The molecule has 0 spiro atoms. The maximum Gasteiger partial charge on any atom is 0.188 e. The third-order valence-electron chi connectivity index (χ3n) is 5.85. The van der Waals surface area contributed by atoms with E-state index >= 15 is 0 Å². The Labute approximate surface area is 196 Å². The minimum Gasteiger partial charge on any atom is -0.303 e. The van der Waals surface area contributed by atoms with Crippen LogP contribution in [-0.4, -0.2) is 32.1 Å². The van der Waals surface area contributed by atoms with Gasteiger partial charge >= 0.3 is 0 Å². The van der Waals surface area contributed by atoms with Crippen LogP contribution in [-0.2, 0) is 6.42 Å². The smallest absolute Gasteiger partial charge is 0.188 e. The van der Waals surface area contributed by atoms with E-state index in [1.54, 1.807) is 16.9 Å². The zero-order valence-electron chi connectivity index (χ0n) is 18.3. The van der Waals surface area contributed by atoms with Crippen molar-refractivity contribution in [3.63, 3.8) is 0 Å². The van der Waals surface area contributed by atoms with Crippen molar-refractivity contribution in [2.45, 2.75) is 12.5 Å². The molecule has 3 heterocycles. The summed E-state index contributed by atoms with van der Waals surface area (Å²) in [6, 6.07) is 22.8. The van der Waals surface area contributed by atoms with E-state index in [0.717, 1.165) is 34.2 Å². The number of ketones is 1. The van der Waals surface area contributed by atoms with Crippen molar-refractivity contribution in [2.75, 3.05) is 6.54 Å². The molecule has 0 bridgehead atoms. The van der Waals surface area contributed by atoms with Crippen molar-refractivity contribution >= 4 is 11.3 Å². The highest BCUT2D eigenvalue weighted by Crippen LogP contribution is 2.24. The summed E-state index contributed by atoms with van der Waals surface area (Å²) < 4.78 is 1.73. The molecule has 2 aromatic carbocycles. The van der Waals surface area contributed by atoms with Crippen LogP contribution in [0.3, 0.4) is 0 Å². The van der Waals surface area contributed by atoms with E-state index in [9.17, 15) is 4.79 Å². The van der Waals surface area contributed by atoms with Gasteiger partial charge in [0.15, 0.2) is 5.78 Å². The second-order valence-electron chi connectivity index (χ2n) is 8.01. The number of hydrogen-bond donors (Lipinski definition) is 2. The van der Waals surface area contributed by atoms with Crippen LogP contribution in [0.1, 0.15) is 33.1 Å². The van der Waals surface area contributed by atoms with Gasteiger partial charge in [-0.2, -0.15) is 15.5 Å². The number of rotatable bonds is 8. The fraction of sp³-hybridized carbons (Fsp3) is 0.111. The van der Waals surface area contributed by atoms with Gasteiger partial charge in [0.25, 0.3) is 0 Å². The molecule has 34 heavy (non-hydrogen) atoms. The van der Waals surface area contributed by atoms with Gasteiger partial charge in [0.1, 0.15) is 0 Å². The first-order valence-corrected chi connectivity index (χ1v) is 11.0. The number of nitrogens with one attached hydrogen (secondary N) is 2. The Bertz CT molecular complexity index is 1450. The molecular formula is C27H22N6O.